The van der Waals surface area contributed by atoms with Crippen molar-refractivity contribution < 1.29 is 13.6 Å². The maximum atomic E-state index is 12.6. The van der Waals surface area contributed by atoms with Crippen LogP contribution in [-0.4, -0.2) is 27.1 Å². The zero-order valence-electron chi connectivity index (χ0n) is 13.5. The van der Waals surface area contributed by atoms with Crippen LogP contribution in [0.1, 0.15) is 12.1 Å². The molecule has 0 aliphatic heterocycles. The first kappa shape index (κ1) is 15.7. The Bertz CT molecular complexity index is 939. The summed E-state index contributed by atoms with van der Waals surface area (Å²) in [5.74, 6) is -1.80. The summed E-state index contributed by atoms with van der Waals surface area (Å²) >= 11 is 0. The molecule has 128 valence electrons. The zero-order chi connectivity index (χ0) is 17.6. The highest BCUT2D eigenvalue weighted by molar-refractivity contribution is 5.96. The molecule has 2 heterocycles. The van der Waals surface area contributed by atoms with Gasteiger partial charge in [-0.3, -0.25) is 4.79 Å². The molecule has 0 radical (unpaired) electrons. The van der Waals surface area contributed by atoms with Crippen molar-refractivity contribution in [2.45, 2.75) is 19.8 Å². The van der Waals surface area contributed by atoms with Crippen LogP contribution < -0.4 is 5.32 Å². The number of aryl methyl sites for hydroxylation is 1. The van der Waals surface area contributed by atoms with Crippen molar-refractivity contribution in [3.63, 3.8) is 0 Å². The third-order valence-electron chi connectivity index (χ3n) is 4.48. The molecule has 0 bridgehead atoms. The lowest BCUT2D eigenvalue weighted by molar-refractivity contribution is -0.118. The Hall–Kier alpha value is -2.83. The first-order valence-electron chi connectivity index (χ1n) is 8.04. The van der Waals surface area contributed by atoms with Crippen molar-refractivity contribution in [2.75, 3.05) is 5.32 Å². The molecule has 1 N–H and O–H groups in total. The molecule has 7 heteroatoms. The number of alkyl halides is 2. The Labute approximate surface area is 142 Å². The molecule has 1 aromatic carbocycles. The Morgan fingerprint density at radius 2 is 2.08 bits per heavy atom. The van der Waals surface area contributed by atoms with Gasteiger partial charge in [0, 0.05) is 17.2 Å². The third kappa shape index (κ3) is 2.86. The molecule has 5 nitrogen and oxygen atoms in total. The molecule has 2 aromatic heterocycles. The van der Waals surface area contributed by atoms with E-state index in [9.17, 15) is 13.6 Å². The normalized spacial score (nSPS) is 19.4. The number of pyridine rings is 1. The summed E-state index contributed by atoms with van der Waals surface area (Å²) < 4.78 is 26.9. The molecule has 25 heavy (non-hydrogen) atoms. The number of halogens is 2. The molecule has 1 aliphatic carbocycles. The number of hydrogen-bond donors (Lipinski definition) is 1. The molecular weight excluding hydrogens is 326 g/mol. The van der Waals surface area contributed by atoms with Gasteiger partial charge in [0.15, 0.2) is 5.65 Å². The second kappa shape index (κ2) is 5.91. The van der Waals surface area contributed by atoms with Crippen molar-refractivity contribution in [1.29, 1.82) is 0 Å². The lowest BCUT2D eigenvalue weighted by atomic mass is 10.2. The predicted octanol–water partition coefficient (Wildman–Crippen LogP) is 3.57. The Morgan fingerprint density at radius 3 is 2.76 bits per heavy atom. The van der Waals surface area contributed by atoms with E-state index in [2.05, 4.69) is 15.4 Å². The smallest absolute Gasteiger partial charge is 0.242 e. The van der Waals surface area contributed by atoms with Crippen molar-refractivity contribution >= 4 is 22.6 Å². The maximum absolute atomic E-state index is 12.6. The van der Waals surface area contributed by atoms with Gasteiger partial charge < -0.3 is 5.32 Å². The van der Waals surface area contributed by atoms with Gasteiger partial charge in [-0.1, -0.05) is 18.2 Å². The monoisotopic (exact) mass is 342 g/mol. The molecule has 3 aromatic rings. The van der Waals surface area contributed by atoms with Crippen LogP contribution in [0.15, 0.2) is 42.6 Å². The average Bonchev–Trinajstić information content (AvgIpc) is 3.36. The highest BCUT2D eigenvalue weighted by atomic mass is 19.3. The number of hydrogen-bond acceptors (Lipinski definition) is 3. The number of nitrogens with one attached hydrogen (secondary N) is 1. The topological polar surface area (TPSA) is 59.8 Å². The summed E-state index contributed by atoms with van der Waals surface area (Å²) in [5, 5.41) is 8.00. The number of carbonyl (C=O) groups is 1. The zero-order valence-corrected chi connectivity index (χ0v) is 13.5. The van der Waals surface area contributed by atoms with E-state index in [4.69, 9.17) is 0 Å². The quantitative estimate of drug-likeness (QED) is 0.788. The number of benzene rings is 1. The molecule has 1 saturated carbocycles. The number of nitrogens with zero attached hydrogens (tertiary/aromatic N) is 3. The number of fused-ring (bicyclic) bond motifs is 1. The molecule has 2 atom stereocenters. The van der Waals surface area contributed by atoms with Crippen molar-refractivity contribution in [1.82, 2.24) is 14.8 Å². The van der Waals surface area contributed by atoms with Gasteiger partial charge in [0.25, 0.3) is 0 Å². The number of aromatic nitrogens is 3. The summed E-state index contributed by atoms with van der Waals surface area (Å²) in [6.07, 6.45) is -0.673. The van der Waals surface area contributed by atoms with Crippen molar-refractivity contribution in [3.8, 4) is 5.69 Å². The maximum Gasteiger partial charge on any atom is 0.242 e. The molecule has 0 spiro atoms. The molecule has 1 fully saturated rings. The van der Waals surface area contributed by atoms with Crippen LogP contribution in [0, 0.1) is 18.8 Å². The SMILES string of the molecule is Cc1nn(-c2ccccc2)c2ncc(NC(=O)[C@H]3C[C@@H]3C(F)F)cc12. The minimum atomic E-state index is -2.44. The first-order chi connectivity index (χ1) is 12.0. The van der Waals surface area contributed by atoms with Crippen molar-refractivity contribution in [3.05, 3.63) is 48.3 Å². The largest absolute Gasteiger partial charge is 0.324 e. The van der Waals surface area contributed by atoms with E-state index < -0.39 is 18.3 Å². The lowest BCUT2D eigenvalue weighted by Gasteiger charge is -2.06. The fraction of sp³-hybridized carbons (Fsp3) is 0.278. The van der Waals surface area contributed by atoms with Crippen LogP contribution in [0.25, 0.3) is 16.7 Å². The Balaban J connectivity index is 1.61. The molecule has 0 unspecified atom stereocenters. The van der Waals surface area contributed by atoms with Gasteiger partial charge in [0.1, 0.15) is 0 Å². The summed E-state index contributed by atoms with van der Waals surface area (Å²) in [5.41, 5.74) is 2.84. The minimum absolute atomic E-state index is 0.240. The number of rotatable bonds is 4. The van der Waals surface area contributed by atoms with E-state index in [0.717, 1.165) is 16.8 Å². The molecule has 1 aliphatic rings. The van der Waals surface area contributed by atoms with Gasteiger partial charge in [-0.25, -0.2) is 18.4 Å². The lowest BCUT2D eigenvalue weighted by Crippen LogP contribution is -2.16. The second-order valence-electron chi connectivity index (χ2n) is 6.26. The number of para-hydroxylation sites is 1. The van der Waals surface area contributed by atoms with E-state index in [1.54, 1.807) is 10.7 Å². The first-order valence-corrected chi connectivity index (χ1v) is 8.04. The highest BCUT2D eigenvalue weighted by Crippen LogP contribution is 2.43. The predicted molar refractivity (Wildman–Crippen MR) is 89.8 cm³/mol. The van der Waals surface area contributed by atoms with Crippen LogP contribution >= 0.6 is 0 Å². The second-order valence-corrected chi connectivity index (χ2v) is 6.26. The summed E-state index contributed by atoms with van der Waals surface area (Å²) in [7, 11) is 0. The van der Waals surface area contributed by atoms with Gasteiger partial charge in [-0.2, -0.15) is 5.10 Å². The number of carbonyl (C=O) groups excluding carboxylic acids is 1. The van der Waals surface area contributed by atoms with E-state index in [-0.39, 0.29) is 12.3 Å². The minimum Gasteiger partial charge on any atom is -0.324 e. The van der Waals surface area contributed by atoms with Gasteiger partial charge in [-0.05, 0) is 31.5 Å². The van der Waals surface area contributed by atoms with Gasteiger partial charge in [0.05, 0.1) is 23.3 Å². The Morgan fingerprint density at radius 1 is 1.32 bits per heavy atom. The standard InChI is InChI=1S/C18H16F2N4O/c1-10-13-7-11(22-18(25)15-8-14(15)16(19)20)9-21-17(13)24(23-10)12-5-3-2-4-6-12/h2-7,9,14-16H,8H2,1H3,(H,22,25)/t14-,15-/m0/s1. The van der Waals surface area contributed by atoms with Gasteiger partial charge in [-0.15, -0.1) is 0 Å². The average molecular weight is 342 g/mol. The van der Waals surface area contributed by atoms with Crippen LogP contribution in [0.4, 0.5) is 14.5 Å². The fourth-order valence-electron chi connectivity index (χ4n) is 2.99. The van der Waals surface area contributed by atoms with E-state index in [0.29, 0.717) is 11.3 Å². The van der Waals surface area contributed by atoms with E-state index in [1.165, 1.54) is 6.20 Å². The summed E-state index contributed by atoms with van der Waals surface area (Å²) in [4.78, 5) is 16.4. The van der Waals surface area contributed by atoms with Crippen molar-refractivity contribution in [2.24, 2.45) is 11.8 Å². The molecular formula is C18H16F2N4O. The fourth-order valence-corrected chi connectivity index (χ4v) is 2.99. The number of anilines is 1. The van der Waals surface area contributed by atoms with Crippen LogP contribution in [0.5, 0.6) is 0 Å². The van der Waals surface area contributed by atoms with E-state index >= 15 is 0 Å². The van der Waals surface area contributed by atoms with Gasteiger partial charge in [0.2, 0.25) is 12.3 Å². The third-order valence-corrected chi connectivity index (χ3v) is 4.48. The summed E-state index contributed by atoms with van der Waals surface area (Å²) in [6.45, 7) is 1.86. The number of amides is 1. The molecule has 0 saturated heterocycles. The molecule has 1 amide bonds. The Kier molecular flexibility index (Phi) is 3.71. The van der Waals surface area contributed by atoms with Crippen LogP contribution in [0.2, 0.25) is 0 Å². The highest BCUT2D eigenvalue weighted by Gasteiger charge is 2.48. The van der Waals surface area contributed by atoms with E-state index in [1.807, 2.05) is 37.3 Å². The summed E-state index contributed by atoms with van der Waals surface area (Å²) in [6, 6.07) is 11.4. The van der Waals surface area contributed by atoms with Crippen LogP contribution in [-0.2, 0) is 4.79 Å². The van der Waals surface area contributed by atoms with Gasteiger partial charge >= 0.3 is 0 Å². The van der Waals surface area contributed by atoms with Crippen LogP contribution in [0.3, 0.4) is 0 Å². The molecule has 4 rings (SSSR count).